The number of thiocarbonyl (C=S) groups is 1. The quantitative estimate of drug-likeness (QED) is 0.329. The average Bonchev–Trinajstić information content (AvgIpc) is 2.80. The molecule has 0 saturated carbocycles. The number of hydrogen-bond acceptors (Lipinski definition) is 8. The molecule has 1 aliphatic heterocycles. The molecule has 31 heavy (non-hydrogen) atoms. The summed E-state index contributed by atoms with van der Waals surface area (Å²) >= 11 is 6.90. The van der Waals surface area contributed by atoms with Gasteiger partial charge < -0.3 is 20.3 Å². The number of ether oxygens (including phenoxy) is 1. The normalized spacial score (nSPS) is 14.7. The van der Waals surface area contributed by atoms with Crippen molar-refractivity contribution in [1.29, 1.82) is 0 Å². The van der Waals surface area contributed by atoms with Crippen LogP contribution in [0.2, 0.25) is 0 Å². The molecule has 1 aliphatic rings. The molecule has 1 atom stereocenters. The van der Waals surface area contributed by atoms with Gasteiger partial charge in [0.05, 0.1) is 19.3 Å². The maximum absolute atomic E-state index is 5.52. The molecule has 0 amide bonds. The molecule has 8 nitrogen and oxygen atoms in total. The highest BCUT2D eigenvalue weighted by atomic mass is 32.2. The molecule has 3 aromatic rings. The lowest BCUT2D eigenvalue weighted by Gasteiger charge is -2.28. The Kier molecular flexibility index (Phi) is 7.23. The number of aromatic nitrogens is 4. The van der Waals surface area contributed by atoms with Gasteiger partial charge in [0.25, 0.3) is 0 Å². The van der Waals surface area contributed by atoms with Gasteiger partial charge >= 0.3 is 0 Å². The molecule has 0 aliphatic carbocycles. The van der Waals surface area contributed by atoms with Crippen molar-refractivity contribution in [1.82, 2.24) is 25.3 Å². The molecule has 3 heterocycles. The predicted molar refractivity (Wildman–Crippen MR) is 125 cm³/mol. The highest BCUT2D eigenvalue weighted by Gasteiger charge is 2.17. The molecule has 0 unspecified atom stereocenters. The number of benzene rings is 1. The number of nitrogens with zero attached hydrogens (tertiary/aromatic N) is 5. The maximum atomic E-state index is 5.52. The van der Waals surface area contributed by atoms with E-state index in [2.05, 4.69) is 54.5 Å². The summed E-state index contributed by atoms with van der Waals surface area (Å²) in [5.41, 5.74) is 1.15. The van der Waals surface area contributed by atoms with Crippen molar-refractivity contribution in [2.24, 2.45) is 0 Å². The fraction of sp³-hybridized carbons (Fsp3) is 0.286. The van der Waals surface area contributed by atoms with Crippen LogP contribution in [0.3, 0.4) is 0 Å². The van der Waals surface area contributed by atoms with E-state index in [-0.39, 0.29) is 6.04 Å². The molecule has 2 N–H and O–H groups in total. The average molecular weight is 454 g/mol. The zero-order chi connectivity index (χ0) is 21.5. The molecular weight excluding hydrogens is 430 g/mol. The second kappa shape index (κ2) is 10.5. The minimum absolute atomic E-state index is 0.0511. The lowest BCUT2D eigenvalue weighted by Crippen LogP contribution is -2.37. The van der Waals surface area contributed by atoms with Crippen molar-refractivity contribution < 1.29 is 4.74 Å². The Hall–Kier alpha value is -2.82. The van der Waals surface area contributed by atoms with Crippen molar-refractivity contribution in [2.45, 2.75) is 23.1 Å². The molecular formula is C21H23N7OS2. The Morgan fingerprint density at radius 3 is 2.58 bits per heavy atom. The van der Waals surface area contributed by atoms with E-state index in [0.29, 0.717) is 29.4 Å². The molecule has 1 aromatic carbocycles. The van der Waals surface area contributed by atoms with E-state index >= 15 is 0 Å². The van der Waals surface area contributed by atoms with Crippen LogP contribution in [0.25, 0.3) is 0 Å². The van der Waals surface area contributed by atoms with Crippen LogP contribution in [0.4, 0.5) is 11.8 Å². The second-order valence-electron chi connectivity index (χ2n) is 6.85. The number of morpholine rings is 1. The van der Waals surface area contributed by atoms with E-state index in [4.69, 9.17) is 17.0 Å². The Labute approximate surface area is 190 Å². The first-order valence-corrected chi connectivity index (χ1v) is 11.2. The Balaban J connectivity index is 1.52. The summed E-state index contributed by atoms with van der Waals surface area (Å²) in [4.78, 5) is 20.0. The van der Waals surface area contributed by atoms with Crippen LogP contribution in [-0.2, 0) is 4.74 Å². The lowest BCUT2D eigenvalue weighted by atomic mass is 10.1. The van der Waals surface area contributed by atoms with Crippen molar-refractivity contribution in [3.05, 3.63) is 60.4 Å². The largest absolute Gasteiger partial charge is 0.378 e. The minimum atomic E-state index is 0.0511. The molecule has 10 heteroatoms. The summed E-state index contributed by atoms with van der Waals surface area (Å²) in [6, 6.07) is 13.9. The lowest BCUT2D eigenvalue weighted by molar-refractivity contribution is 0.122. The Morgan fingerprint density at radius 1 is 1.10 bits per heavy atom. The van der Waals surface area contributed by atoms with Crippen LogP contribution in [0.5, 0.6) is 0 Å². The standard InChI is InChI=1S/C21H23N7OS2/c1-15(16-6-3-2-4-7-16)24-20(30)27-19-25-17(28-10-12-29-13-11-28)14-18(26-19)31-21-22-8-5-9-23-21/h2-9,14-15H,10-13H2,1H3,(H2,24,25,26,27,30)/t15-/m0/s1. The summed E-state index contributed by atoms with van der Waals surface area (Å²) in [7, 11) is 0. The second-order valence-corrected chi connectivity index (χ2v) is 8.25. The number of anilines is 2. The smallest absolute Gasteiger partial charge is 0.232 e. The first-order valence-electron chi connectivity index (χ1n) is 9.96. The number of nitrogens with one attached hydrogen (secondary N) is 2. The van der Waals surface area contributed by atoms with Gasteiger partial charge in [-0.1, -0.05) is 30.3 Å². The number of rotatable bonds is 6. The van der Waals surface area contributed by atoms with Crippen LogP contribution in [-0.4, -0.2) is 51.4 Å². The van der Waals surface area contributed by atoms with E-state index in [1.165, 1.54) is 11.8 Å². The van der Waals surface area contributed by atoms with Gasteiger partial charge in [-0.05, 0) is 42.5 Å². The van der Waals surface area contributed by atoms with Gasteiger partial charge in [0.1, 0.15) is 10.8 Å². The fourth-order valence-electron chi connectivity index (χ4n) is 3.07. The van der Waals surface area contributed by atoms with Gasteiger partial charge in [-0.25, -0.2) is 15.0 Å². The topological polar surface area (TPSA) is 88.1 Å². The number of hydrogen-bond donors (Lipinski definition) is 2. The van der Waals surface area contributed by atoms with Gasteiger partial charge in [-0.3, -0.25) is 0 Å². The monoisotopic (exact) mass is 453 g/mol. The highest BCUT2D eigenvalue weighted by molar-refractivity contribution is 7.99. The Morgan fingerprint density at radius 2 is 1.84 bits per heavy atom. The zero-order valence-electron chi connectivity index (χ0n) is 17.1. The van der Waals surface area contributed by atoms with Gasteiger partial charge in [0, 0.05) is 31.5 Å². The van der Waals surface area contributed by atoms with Gasteiger partial charge in [0.2, 0.25) is 5.95 Å². The van der Waals surface area contributed by atoms with Crippen molar-refractivity contribution in [2.75, 3.05) is 36.5 Å². The third-order valence-electron chi connectivity index (χ3n) is 4.63. The zero-order valence-corrected chi connectivity index (χ0v) is 18.7. The molecule has 0 bridgehead atoms. The first kappa shape index (κ1) is 21.4. The van der Waals surface area contributed by atoms with E-state index in [9.17, 15) is 0 Å². The summed E-state index contributed by atoms with van der Waals surface area (Å²) < 4.78 is 5.47. The third-order valence-corrected chi connectivity index (χ3v) is 5.67. The first-order chi connectivity index (χ1) is 15.2. The van der Waals surface area contributed by atoms with Gasteiger partial charge in [0.15, 0.2) is 10.3 Å². The molecule has 1 fully saturated rings. The third kappa shape index (κ3) is 6.09. The van der Waals surface area contributed by atoms with Gasteiger partial charge in [-0.15, -0.1) is 0 Å². The van der Waals surface area contributed by atoms with Crippen molar-refractivity contribution >= 4 is 40.9 Å². The van der Waals surface area contributed by atoms with Crippen LogP contribution in [0.1, 0.15) is 18.5 Å². The summed E-state index contributed by atoms with van der Waals surface area (Å²) in [5.74, 6) is 1.25. The molecule has 4 rings (SSSR count). The highest BCUT2D eigenvalue weighted by Crippen LogP contribution is 2.27. The summed E-state index contributed by atoms with van der Waals surface area (Å²) in [5, 5.41) is 8.25. The van der Waals surface area contributed by atoms with Crippen molar-refractivity contribution in [3.63, 3.8) is 0 Å². The molecule has 0 radical (unpaired) electrons. The molecule has 2 aromatic heterocycles. The SMILES string of the molecule is C[C@H](NC(=S)Nc1nc(Sc2ncccn2)cc(N2CCOCC2)n1)c1ccccc1. The van der Waals surface area contributed by atoms with Crippen LogP contribution < -0.4 is 15.5 Å². The predicted octanol–water partition coefficient (Wildman–Crippen LogP) is 3.30. The maximum Gasteiger partial charge on any atom is 0.232 e. The molecule has 0 spiro atoms. The van der Waals surface area contributed by atoms with Crippen molar-refractivity contribution in [3.8, 4) is 0 Å². The molecule has 1 saturated heterocycles. The van der Waals surface area contributed by atoms with E-state index in [0.717, 1.165) is 29.5 Å². The van der Waals surface area contributed by atoms with E-state index in [1.54, 1.807) is 18.5 Å². The minimum Gasteiger partial charge on any atom is -0.378 e. The van der Waals surface area contributed by atoms with Gasteiger partial charge in [-0.2, -0.15) is 4.98 Å². The summed E-state index contributed by atoms with van der Waals surface area (Å²) in [6.07, 6.45) is 3.42. The van der Waals surface area contributed by atoms with Crippen LogP contribution >= 0.6 is 24.0 Å². The van der Waals surface area contributed by atoms with E-state index in [1.807, 2.05) is 24.3 Å². The van der Waals surface area contributed by atoms with E-state index < -0.39 is 0 Å². The van der Waals surface area contributed by atoms with Crippen LogP contribution in [0, 0.1) is 0 Å². The van der Waals surface area contributed by atoms with Crippen LogP contribution in [0.15, 0.2) is 65.0 Å². The summed E-state index contributed by atoms with van der Waals surface area (Å²) in [6.45, 7) is 4.95. The fourth-order valence-corrected chi connectivity index (χ4v) is 4.05. The Bertz CT molecular complexity index is 1000. The molecule has 160 valence electrons.